The summed E-state index contributed by atoms with van der Waals surface area (Å²) in [6, 6.07) is 3.42. The monoisotopic (exact) mass is 172 g/mol. The first-order valence-electron chi connectivity index (χ1n) is 3.67. The SMILES string of the molecule is COCCc1cc(F)ccc1F. The Morgan fingerprint density at radius 3 is 2.75 bits per heavy atom. The van der Waals surface area contributed by atoms with Crippen molar-refractivity contribution < 1.29 is 13.5 Å². The molecular formula is C9H10F2O. The maximum absolute atomic E-state index is 12.9. The van der Waals surface area contributed by atoms with Crippen molar-refractivity contribution in [2.45, 2.75) is 6.42 Å². The van der Waals surface area contributed by atoms with Crippen LogP contribution in [0, 0.1) is 11.6 Å². The first kappa shape index (κ1) is 9.13. The topological polar surface area (TPSA) is 9.23 Å². The number of halogens is 2. The van der Waals surface area contributed by atoms with Gasteiger partial charge in [-0.2, -0.15) is 0 Å². The van der Waals surface area contributed by atoms with E-state index in [1.807, 2.05) is 0 Å². The highest BCUT2D eigenvalue weighted by Gasteiger charge is 2.02. The molecule has 1 aromatic rings. The summed E-state index contributed by atoms with van der Waals surface area (Å²) in [6.45, 7) is 0.403. The molecule has 0 unspecified atom stereocenters. The second-order valence-corrected chi connectivity index (χ2v) is 2.48. The van der Waals surface area contributed by atoms with Gasteiger partial charge in [-0.1, -0.05) is 0 Å². The van der Waals surface area contributed by atoms with Crippen molar-refractivity contribution >= 4 is 0 Å². The van der Waals surface area contributed by atoms with Crippen LogP contribution in [0.5, 0.6) is 0 Å². The molecule has 1 aromatic carbocycles. The average Bonchev–Trinajstić information content (AvgIpc) is 2.07. The molecule has 0 fully saturated rings. The highest BCUT2D eigenvalue weighted by molar-refractivity contribution is 5.18. The maximum atomic E-state index is 12.9. The summed E-state index contributed by atoms with van der Waals surface area (Å²) in [7, 11) is 1.53. The number of hydrogen-bond acceptors (Lipinski definition) is 1. The molecule has 3 heteroatoms. The fourth-order valence-corrected chi connectivity index (χ4v) is 0.947. The van der Waals surface area contributed by atoms with E-state index >= 15 is 0 Å². The zero-order chi connectivity index (χ0) is 8.97. The average molecular weight is 172 g/mol. The Kier molecular flexibility index (Phi) is 3.17. The van der Waals surface area contributed by atoms with E-state index in [4.69, 9.17) is 4.74 Å². The molecule has 0 atom stereocenters. The molecule has 0 saturated heterocycles. The summed E-state index contributed by atoms with van der Waals surface area (Å²) < 4.78 is 30.2. The smallest absolute Gasteiger partial charge is 0.126 e. The van der Waals surface area contributed by atoms with Crippen molar-refractivity contribution in [3.8, 4) is 0 Å². The number of hydrogen-bond donors (Lipinski definition) is 0. The van der Waals surface area contributed by atoms with Gasteiger partial charge < -0.3 is 4.74 Å². The molecule has 0 saturated carbocycles. The van der Waals surface area contributed by atoms with Crippen molar-refractivity contribution in [3.05, 3.63) is 35.4 Å². The van der Waals surface area contributed by atoms with Crippen molar-refractivity contribution in [2.75, 3.05) is 13.7 Å². The fraction of sp³-hybridized carbons (Fsp3) is 0.333. The molecule has 1 nitrogen and oxygen atoms in total. The Balaban J connectivity index is 2.75. The number of rotatable bonds is 3. The predicted octanol–water partition coefficient (Wildman–Crippen LogP) is 2.15. The lowest BCUT2D eigenvalue weighted by Crippen LogP contribution is -1.98. The largest absolute Gasteiger partial charge is 0.384 e. The Labute approximate surface area is 70.0 Å². The Hall–Kier alpha value is -0.960. The Morgan fingerprint density at radius 2 is 2.08 bits per heavy atom. The highest BCUT2D eigenvalue weighted by atomic mass is 19.1. The van der Waals surface area contributed by atoms with Crippen LogP contribution in [0.1, 0.15) is 5.56 Å². The molecule has 0 heterocycles. The summed E-state index contributed by atoms with van der Waals surface area (Å²) in [5.74, 6) is -0.795. The van der Waals surface area contributed by atoms with Crippen molar-refractivity contribution in [3.63, 3.8) is 0 Å². The van der Waals surface area contributed by atoms with Crippen LogP contribution in [0.2, 0.25) is 0 Å². The van der Waals surface area contributed by atoms with E-state index in [0.717, 1.165) is 12.1 Å². The van der Waals surface area contributed by atoms with Gasteiger partial charge in [0, 0.05) is 7.11 Å². The standard InChI is InChI=1S/C9H10F2O/c1-12-5-4-7-6-8(10)2-3-9(7)11/h2-3,6H,4-5H2,1H3. The minimum Gasteiger partial charge on any atom is -0.384 e. The third-order valence-electron chi connectivity index (χ3n) is 1.58. The number of benzene rings is 1. The third kappa shape index (κ3) is 2.27. The zero-order valence-electron chi connectivity index (χ0n) is 6.81. The van der Waals surface area contributed by atoms with E-state index in [2.05, 4.69) is 0 Å². The van der Waals surface area contributed by atoms with Crippen LogP contribution in [-0.2, 0) is 11.2 Å². The lowest BCUT2D eigenvalue weighted by Gasteiger charge is -2.01. The lowest BCUT2D eigenvalue weighted by molar-refractivity contribution is 0.201. The van der Waals surface area contributed by atoms with Crippen LogP contribution in [0.3, 0.4) is 0 Å². The van der Waals surface area contributed by atoms with Crippen molar-refractivity contribution in [2.24, 2.45) is 0 Å². The molecule has 0 amide bonds. The van der Waals surface area contributed by atoms with Crippen LogP contribution in [-0.4, -0.2) is 13.7 Å². The van der Waals surface area contributed by atoms with Gasteiger partial charge in [0.05, 0.1) is 6.61 Å². The van der Waals surface area contributed by atoms with E-state index in [1.54, 1.807) is 0 Å². The lowest BCUT2D eigenvalue weighted by atomic mass is 10.1. The predicted molar refractivity (Wildman–Crippen MR) is 41.9 cm³/mol. The minimum atomic E-state index is -0.414. The van der Waals surface area contributed by atoms with Crippen molar-refractivity contribution in [1.82, 2.24) is 0 Å². The molecular weight excluding hydrogens is 162 g/mol. The van der Waals surface area contributed by atoms with Gasteiger partial charge in [-0.25, -0.2) is 8.78 Å². The van der Waals surface area contributed by atoms with Crippen LogP contribution in [0.25, 0.3) is 0 Å². The molecule has 0 aliphatic carbocycles. The molecule has 0 spiro atoms. The molecule has 66 valence electrons. The maximum Gasteiger partial charge on any atom is 0.126 e. The van der Waals surface area contributed by atoms with Crippen molar-refractivity contribution in [1.29, 1.82) is 0 Å². The summed E-state index contributed by atoms with van der Waals surface area (Å²) in [4.78, 5) is 0. The summed E-state index contributed by atoms with van der Waals surface area (Å²) in [5, 5.41) is 0. The third-order valence-corrected chi connectivity index (χ3v) is 1.58. The molecule has 0 radical (unpaired) electrons. The van der Waals surface area contributed by atoms with Crippen LogP contribution < -0.4 is 0 Å². The highest BCUT2D eigenvalue weighted by Crippen LogP contribution is 2.09. The van der Waals surface area contributed by atoms with E-state index < -0.39 is 5.82 Å². The quantitative estimate of drug-likeness (QED) is 0.678. The summed E-state index contributed by atoms with van der Waals surface area (Å²) in [6.07, 6.45) is 0.403. The van der Waals surface area contributed by atoms with Gasteiger partial charge >= 0.3 is 0 Å². The number of ether oxygens (including phenoxy) is 1. The summed E-state index contributed by atoms with van der Waals surface area (Å²) in [5.41, 5.74) is 0.358. The van der Waals surface area contributed by atoms with Gasteiger partial charge in [-0.05, 0) is 30.2 Å². The number of methoxy groups -OCH3 is 1. The van der Waals surface area contributed by atoms with Gasteiger partial charge in [0.2, 0.25) is 0 Å². The van der Waals surface area contributed by atoms with Crippen LogP contribution in [0.15, 0.2) is 18.2 Å². The second kappa shape index (κ2) is 4.16. The Bertz CT molecular complexity index is 261. The molecule has 0 aromatic heterocycles. The molecule has 12 heavy (non-hydrogen) atoms. The molecule has 0 bridgehead atoms. The molecule has 0 aliphatic rings. The fourth-order valence-electron chi connectivity index (χ4n) is 0.947. The van der Waals surface area contributed by atoms with Crippen LogP contribution in [0.4, 0.5) is 8.78 Å². The first-order valence-corrected chi connectivity index (χ1v) is 3.67. The normalized spacial score (nSPS) is 10.2. The van der Waals surface area contributed by atoms with Gasteiger partial charge in [-0.15, -0.1) is 0 Å². The van der Waals surface area contributed by atoms with Gasteiger partial charge in [0.15, 0.2) is 0 Å². The molecule has 0 N–H and O–H groups in total. The van der Waals surface area contributed by atoms with Gasteiger partial charge in [-0.3, -0.25) is 0 Å². The van der Waals surface area contributed by atoms with E-state index in [9.17, 15) is 8.78 Å². The second-order valence-electron chi connectivity index (χ2n) is 2.48. The van der Waals surface area contributed by atoms with Gasteiger partial charge in [0.25, 0.3) is 0 Å². The minimum absolute atomic E-state index is 0.358. The molecule has 1 rings (SSSR count). The van der Waals surface area contributed by atoms with Crippen LogP contribution >= 0.6 is 0 Å². The van der Waals surface area contributed by atoms with E-state index in [1.165, 1.54) is 13.2 Å². The summed E-state index contributed by atoms with van der Waals surface area (Å²) >= 11 is 0. The van der Waals surface area contributed by atoms with E-state index in [-0.39, 0.29) is 5.82 Å². The van der Waals surface area contributed by atoms with Gasteiger partial charge in [0.1, 0.15) is 11.6 Å². The molecule has 0 aliphatic heterocycles. The zero-order valence-corrected chi connectivity index (χ0v) is 6.81. The van der Waals surface area contributed by atoms with E-state index in [0.29, 0.717) is 18.6 Å². The first-order chi connectivity index (χ1) is 5.74. The Morgan fingerprint density at radius 1 is 1.33 bits per heavy atom.